The van der Waals surface area contributed by atoms with E-state index >= 15 is 0 Å². The third-order valence-electron chi connectivity index (χ3n) is 5.19. The minimum Gasteiger partial charge on any atom is -0.495 e. The van der Waals surface area contributed by atoms with E-state index in [4.69, 9.17) is 4.74 Å². The van der Waals surface area contributed by atoms with Crippen molar-refractivity contribution in [2.24, 2.45) is 0 Å². The molecule has 1 saturated carbocycles. The Kier molecular flexibility index (Phi) is 6.30. The Morgan fingerprint density at radius 2 is 1.87 bits per heavy atom. The van der Waals surface area contributed by atoms with E-state index in [1.54, 1.807) is 12.1 Å². The van der Waals surface area contributed by atoms with Crippen molar-refractivity contribution in [3.05, 3.63) is 53.4 Å². The number of methoxy groups -OCH3 is 1. The number of aromatic nitrogens is 2. The van der Waals surface area contributed by atoms with Gasteiger partial charge in [-0.1, -0.05) is 29.5 Å². The van der Waals surface area contributed by atoms with Crippen LogP contribution >= 0.6 is 11.5 Å². The normalized spacial score (nSPS) is 14.5. The second-order valence-electron chi connectivity index (χ2n) is 7.29. The number of sulfonamides is 1. The van der Waals surface area contributed by atoms with Crippen LogP contribution in [-0.2, 0) is 10.0 Å². The van der Waals surface area contributed by atoms with Gasteiger partial charge in [-0.05, 0) is 54.7 Å². The van der Waals surface area contributed by atoms with Crippen LogP contribution in [0.2, 0.25) is 0 Å². The molecule has 0 spiro atoms. The fraction of sp³-hybridized carbons (Fsp3) is 0.286. The van der Waals surface area contributed by atoms with Gasteiger partial charge in [-0.2, -0.15) is 0 Å². The van der Waals surface area contributed by atoms with Crippen molar-refractivity contribution in [2.45, 2.75) is 36.6 Å². The maximum absolute atomic E-state index is 12.9. The van der Waals surface area contributed by atoms with Crippen LogP contribution in [0.3, 0.4) is 0 Å². The lowest BCUT2D eigenvalue weighted by atomic mass is 10.1. The maximum Gasteiger partial charge on any atom is 0.255 e. The molecule has 1 heterocycles. The van der Waals surface area contributed by atoms with Gasteiger partial charge >= 0.3 is 0 Å². The predicted molar refractivity (Wildman–Crippen MR) is 119 cm³/mol. The number of benzene rings is 2. The number of hydrogen-bond donors (Lipinski definition) is 2. The van der Waals surface area contributed by atoms with Gasteiger partial charge in [0.25, 0.3) is 5.91 Å². The zero-order chi connectivity index (χ0) is 21.8. The number of carbonyl (C=O) groups is 1. The van der Waals surface area contributed by atoms with E-state index in [9.17, 15) is 13.2 Å². The van der Waals surface area contributed by atoms with E-state index < -0.39 is 15.9 Å². The average Bonchev–Trinajstić information content (AvgIpc) is 3.48. The highest BCUT2D eigenvalue weighted by atomic mass is 32.2. The molecule has 1 aliphatic rings. The highest BCUT2D eigenvalue weighted by molar-refractivity contribution is 7.89. The first kappa shape index (κ1) is 21.4. The van der Waals surface area contributed by atoms with Crippen LogP contribution in [0.1, 0.15) is 36.0 Å². The molecule has 0 atom stereocenters. The zero-order valence-electron chi connectivity index (χ0n) is 16.9. The van der Waals surface area contributed by atoms with Crippen molar-refractivity contribution in [1.29, 1.82) is 0 Å². The summed E-state index contributed by atoms with van der Waals surface area (Å²) >= 11 is 1.27. The van der Waals surface area contributed by atoms with Crippen molar-refractivity contribution >= 4 is 33.2 Å². The van der Waals surface area contributed by atoms with E-state index in [0.29, 0.717) is 5.69 Å². The summed E-state index contributed by atoms with van der Waals surface area (Å²) in [5.74, 6) is -0.216. The molecule has 0 unspecified atom stereocenters. The molecular weight excluding hydrogens is 436 g/mol. The Morgan fingerprint density at radius 3 is 2.52 bits per heavy atom. The summed E-state index contributed by atoms with van der Waals surface area (Å²) in [6, 6.07) is 11.5. The van der Waals surface area contributed by atoms with E-state index in [0.717, 1.165) is 36.9 Å². The van der Waals surface area contributed by atoms with Crippen LogP contribution < -0.4 is 14.8 Å². The SMILES string of the molecule is COc1ccc(C(=O)Nc2ccc(-c3csnn3)cc2)cc1S(=O)(=O)NC1CCCC1. The molecule has 31 heavy (non-hydrogen) atoms. The Labute approximate surface area is 184 Å². The van der Waals surface area contributed by atoms with Gasteiger partial charge in [0, 0.05) is 28.2 Å². The fourth-order valence-corrected chi connectivity index (χ4v) is 5.54. The van der Waals surface area contributed by atoms with Gasteiger partial charge in [0.15, 0.2) is 0 Å². The van der Waals surface area contributed by atoms with Crippen LogP contribution in [0.4, 0.5) is 5.69 Å². The number of carbonyl (C=O) groups excluding carboxylic acids is 1. The first-order chi connectivity index (χ1) is 15.0. The molecular formula is C21H22N4O4S2. The minimum absolute atomic E-state index is 0.0408. The molecule has 0 saturated heterocycles. The molecule has 2 aromatic carbocycles. The lowest BCUT2D eigenvalue weighted by molar-refractivity contribution is 0.102. The van der Waals surface area contributed by atoms with E-state index in [1.807, 2.05) is 17.5 Å². The Morgan fingerprint density at radius 1 is 1.13 bits per heavy atom. The largest absolute Gasteiger partial charge is 0.495 e. The number of ether oxygens (including phenoxy) is 1. The Bertz CT molecular complexity index is 1160. The molecule has 3 aromatic rings. The van der Waals surface area contributed by atoms with Gasteiger partial charge in [0.2, 0.25) is 10.0 Å². The average molecular weight is 459 g/mol. The van der Waals surface area contributed by atoms with Gasteiger partial charge in [-0.25, -0.2) is 13.1 Å². The first-order valence-corrected chi connectivity index (χ1v) is 12.2. The molecule has 162 valence electrons. The second-order valence-corrected chi connectivity index (χ2v) is 9.58. The van der Waals surface area contributed by atoms with Crippen molar-refractivity contribution in [3.63, 3.8) is 0 Å². The third kappa shape index (κ3) is 4.92. The van der Waals surface area contributed by atoms with Crippen LogP contribution in [0.5, 0.6) is 5.75 Å². The lowest BCUT2D eigenvalue weighted by Gasteiger charge is -2.16. The van der Waals surface area contributed by atoms with E-state index in [-0.39, 0.29) is 22.3 Å². The summed E-state index contributed by atoms with van der Waals surface area (Å²) < 4.78 is 37.6. The van der Waals surface area contributed by atoms with Crippen molar-refractivity contribution in [2.75, 3.05) is 12.4 Å². The summed E-state index contributed by atoms with van der Waals surface area (Å²) in [5, 5.41) is 8.65. The van der Waals surface area contributed by atoms with Crippen molar-refractivity contribution < 1.29 is 17.9 Å². The van der Waals surface area contributed by atoms with Gasteiger partial charge in [0.1, 0.15) is 16.3 Å². The summed E-state index contributed by atoms with van der Waals surface area (Å²) in [6.45, 7) is 0. The van der Waals surface area contributed by atoms with Gasteiger partial charge in [-0.3, -0.25) is 4.79 Å². The minimum atomic E-state index is -3.81. The number of nitrogens with zero attached hydrogens (tertiary/aromatic N) is 2. The molecule has 0 bridgehead atoms. The number of nitrogens with one attached hydrogen (secondary N) is 2. The summed E-state index contributed by atoms with van der Waals surface area (Å²) in [4.78, 5) is 12.7. The van der Waals surface area contributed by atoms with Crippen molar-refractivity contribution in [3.8, 4) is 17.0 Å². The lowest BCUT2D eigenvalue weighted by Crippen LogP contribution is -2.33. The second kappa shape index (κ2) is 9.13. The van der Waals surface area contributed by atoms with E-state index in [1.165, 1.54) is 36.8 Å². The van der Waals surface area contributed by atoms with Crippen molar-refractivity contribution in [1.82, 2.24) is 14.3 Å². The number of amides is 1. The highest BCUT2D eigenvalue weighted by Gasteiger charge is 2.26. The van der Waals surface area contributed by atoms with Crippen LogP contribution in [-0.4, -0.2) is 37.1 Å². The maximum atomic E-state index is 12.9. The van der Waals surface area contributed by atoms with E-state index in [2.05, 4.69) is 19.6 Å². The summed E-state index contributed by atoms with van der Waals surface area (Å²) in [6.07, 6.45) is 3.64. The summed E-state index contributed by atoms with van der Waals surface area (Å²) in [7, 11) is -2.41. The zero-order valence-corrected chi connectivity index (χ0v) is 18.5. The predicted octanol–water partition coefficient (Wildman–Crippen LogP) is 3.69. The Hall–Kier alpha value is -2.82. The molecule has 2 N–H and O–H groups in total. The third-order valence-corrected chi connectivity index (χ3v) is 7.24. The standard InChI is InChI=1S/C21H22N4O4S2/c1-29-19-11-8-15(12-20(19)31(27,28)24-17-4-2-3-5-17)21(26)22-16-9-6-14(7-10-16)18-13-30-25-23-18/h6-13,17,24H,2-5H2,1H3,(H,22,26). The fourth-order valence-electron chi connectivity index (χ4n) is 3.57. The molecule has 8 nitrogen and oxygen atoms in total. The smallest absolute Gasteiger partial charge is 0.255 e. The molecule has 0 aliphatic heterocycles. The van der Waals surface area contributed by atoms with Crippen LogP contribution in [0.15, 0.2) is 52.7 Å². The van der Waals surface area contributed by atoms with Crippen LogP contribution in [0.25, 0.3) is 11.3 Å². The topological polar surface area (TPSA) is 110 Å². The van der Waals surface area contributed by atoms with Gasteiger partial charge < -0.3 is 10.1 Å². The summed E-state index contributed by atoms with van der Waals surface area (Å²) in [5.41, 5.74) is 2.46. The molecule has 10 heteroatoms. The molecule has 4 rings (SSSR count). The number of anilines is 1. The van der Waals surface area contributed by atoms with Crippen LogP contribution in [0, 0.1) is 0 Å². The monoisotopic (exact) mass is 458 g/mol. The molecule has 1 aliphatic carbocycles. The van der Waals surface area contributed by atoms with Gasteiger partial charge in [0.05, 0.1) is 7.11 Å². The molecule has 0 radical (unpaired) electrons. The first-order valence-electron chi connectivity index (χ1n) is 9.85. The number of rotatable bonds is 7. The Balaban J connectivity index is 1.53. The molecule has 1 amide bonds. The number of hydrogen-bond acceptors (Lipinski definition) is 7. The quantitative estimate of drug-likeness (QED) is 0.559. The van der Waals surface area contributed by atoms with Gasteiger partial charge in [-0.15, -0.1) is 5.10 Å². The molecule has 1 aromatic heterocycles. The molecule has 1 fully saturated rings. The highest BCUT2D eigenvalue weighted by Crippen LogP contribution is 2.28.